The minimum atomic E-state index is -0.551. The summed E-state index contributed by atoms with van der Waals surface area (Å²) in [6, 6.07) is 11.5. The lowest BCUT2D eigenvalue weighted by molar-refractivity contribution is -0.127. The van der Waals surface area contributed by atoms with Crippen molar-refractivity contribution in [2.45, 2.75) is 19.8 Å². The van der Waals surface area contributed by atoms with Crippen LogP contribution in [-0.2, 0) is 16.0 Å². The summed E-state index contributed by atoms with van der Waals surface area (Å²) in [6.07, 6.45) is 0.282. The van der Waals surface area contributed by atoms with Gasteiger partial charge in [0.05, 0.1) is 6.54 Å². The molecule has 2 aromatic carbocycles. The van der Waals surface area contributed by atoms with Crippen molar-refractivity contribution in [1.82, 2.24) is 4.90 Å². The Bertz CT molecular complexity index is 797. The normalized spacial score (nSPS) is 14.1. The lowest BCUT2D eigenvalue weighted by Crippen LogP contribution is -2.31. The zero-order valence-electron chi connectivity index (χ0n) is 12.9. The molecule has 5 nitrogen and oxygen atoms in total. The molecule has 23 heavy (non-hydrogen) atoms. The van der Waals surface area contributed by atoms with Gasteiger partial charge in [-0.25, -0.2) is 9.69 Å². The van der Waals surface area contributed by atoms with E-state index in [-0.39, 0.29) is 24.7 Å². The average molecular weight is 311 g/mol. The van der Waals surface area contributed by atoms with E-state index in [1.54, 1.807) is 13.0 Å². The van der Waals surface area contributed by atoms with Gasteiger partial charge in [0.15, 0.2) is 5.78 Å². The van der Waals surface area contributed by atoms with E-state index in [1.807, 2.05) is 30.3 Å². The predicted octanol–water partition coefficient (Wildman–Crippen LogP) is 2.95. The standard InChI is InChI=1S/C18H17NO4/c1-12(20)14-5-6-15-10-13(2-4-16(15)11-14)3-7-17(21)19-8-9-23-18(19)22/h2,4-6,10-11H,3,7-9H2,1H3. The fourth-order valence-corrected chi connectivity index (χ4v) is 2.68. The van der Waals surface area contributed by atoms with Crippen LogP contribution in [0.1, 0.15) is 29.3 Å². The first kappa shape index (κ1) is 15.2. The van der Waals surface area contributed by atoms with Gasteiger partial charge < -0.3 is 4.74 Å². The molecule has 0 N–H and O–H groups in total. The van der Waals surface area contributed by atoms with Gasteiger partial charge in [-0.05, 0) is 35.7 Å². The lowest BCUT2D eigenvalue weighted by Gasteiger charge is -2.10. The molecule has 1 saturated heterocycles. The minimum Gasteiger partial charge on any atom is -0.447 e. The van der Waals surface area contributed by atoms with Gasteiger partial charge in [0.25, 0.3) is 0 Å². The van der Waals surface area contributed by atoms with E-state index in [0.29, 0.717) is 18.5 Å². The Labute approximate surface area is 133 Å². The monoisotopic (exact) mass is 311 g/mol. The number of hydrogen-bond donors (Lipinski definition) is 0. The Hall–Kier alpha value is -2.69. The molecule has 1 aliphatic heterocycles. The maximum Gasteiger partial charge on any atom is 0.416 e. The third kappa shape index (κ3) is 3.23. The van der Waals surface area contributed by atoms with Gasteiger partial charge in [-0.2, -0.15) is 0 Å². The Kier molecular flexibility index (Phi) is 4.10. The first-order valence-electron chi connectivity index (χ1n) is 7.55. The van der Waals surface area contributed by atoms with Gasteiger partial charge in [0.1, 0.15) is 6.61 Å². The maximum absolute atomic E-state index is 12.0. The highest BCUT2D eigenvalue weighted by atomic mass is 16.6. The number of ketones is 1. The predicted molar refractivity (Wildman–Crippen MR) is 85.3 cm³/mol. The summed E-state index contributed by atoms with van der Waals surface area (Å²) >= 11 is 0. The van der Waals surface area contributed by atoms with Gasteiger partial charge in [0, 0.05) is 12.0 Å². The fraction of sp³-hybridized carbons (Fsp3) is 0.278. The van der Waals surface area contributed by atoms with Crippen molar-refractivity contribution in [2.24, 2.45) is 0 Å². The first-order chi connectivity index (χ1) is 11.0. The van der Waals surface area contributed by atoms with Gasteiger partial charge in [-0.1, -0.05) is 30.3 Å². The Balaban J connectivity index is 1.71. The summed E-state index contributed by atoms with van der Waals surface area (Å²) in [5, 5.41) is 2.02. The number of benzene rings is 2. The Morgan fingerprint density at radius 3 is 2.57 bits per heavy atom. The molecule has 1 heterocycles. The summed E-state index contributed by atoms with van der Waals surface area (Å²) < 4.78 is 4.77. The lowest BCUT2D eigenvalue weighted by atomic mass is 10.0. The van der Waals surface area contributed by atoms with Gasteiger partial charge in [-0.15, -0.1) is 0 Å². The topological polar surface area (TPSA) is 63.7 Å². The number of amides is 2. The summed E-state index contributed by atoms with van der Waals surface area (Å²) in [5.41, 5.74) is 1.71. The van der Waals surface area contributed by atoms with Crippen LogP contribution in [-0.4, -0.2) is 35.8 Å². The molecule has 0 atom stereocenters. The van der Waals surface area contributed by atoms with E-state index in [4.69, 9.17) is 4.74 Å². The molecule has 0 spiro atoms. The molecule has 0 unspecified atom stereocenters. The highest BCUT2D eigenvalue weighted by Gasteiger charge is 2.27. The fourth-order valence-electron chi connectivity index (χ4n) is 2.68. The van der Waals surface area contributed by atoms with Crippen LogP contribution in [0.5, 0.6) is 0 Å². The smallest absolute Gasteiger partial charge is 0.416 e. The molecule has 0 saturated carbocycles. The van der Waals surface area contributed by atoms with Crippen LogP contribution in [0.2, 0.25) is 0 Å². The molecule has 1 aliphatic rings. The third-order valence-corrected chi connectivity index (χ3v) is 4.00. The number of carbonyl (C=O) groups excluding carboxylic acids is 3. The van der Waals surface area contributed by atoms with Gasteiger partial charge >= 0.3 is 6.09 Å². The molecule has 5 heteroatoms. The summed E-state index contributed by atoms with van der Waals surface area (Å²) in [5.74, 6) is -0.168. The highest BCUT2D eigenvalue weighted by Crippen LogP contribution is 2.19. The molecule has 0 aliphatic carbocycles. The highest BCUT2D eigenvalue weighted by molar-refractivity contribution is 5.98. The number of aryl methyl sites for hydroxylation is 1. The van der Waals surface area contributed by atoms with Crippen LogP contribution in [0.4, 0.5) is 4.79 Å². The molecule has 0 bridgehead atoms. The van der Waals surface area contributed by atoms with Crippen molar-refractivity contribution >= 4 is 28.6 Å². The Morgan fingerprint density at radius 2 is 1.87 bits per heavy atom. The van der Waals surface area contributed by atoms with E-state index in [9.17, 15) is 14.4 Å². The van der Waals surface area contributed by atoms with E-state index in [1.165, 1.54) is 0 Å². The second-order valence-corrected chi connectivity index (χ2v) is 5.61. The molecule has 0 radical (unpaired) electrons. The number of nitrogens with zero attached hydrogens (tertiary/aromatic N) is 1. The van der Waals surface area contributed by atoms with Crippen LogP contribution in [0, 0.1) is 0 Å². The van der Waals surface area contributed by atoms with Crippen molar-refractivity contribution in [3.63, 3.8) is 0 Å². The van der Waals surface area contributed by atoms with Crippen LogP contribution >= 0.6 is 0 Å². The van der Waals surface area contributed by atoms with Crippen molar-refractivity contribution < 1.29 is 19.1 Å². The van der Waals surface area contributed by atoms with Crippen LogP contribution < -0.4 is 0 Å². The molecular formula is C18H17NO4. The van der Waals surface area contributed by atoms with E-state index < -0.39 is 6.09 Å². The molecule has 118 valence electrons. The van der Waals surface area contributed by atoms with Crippen molar-refractivity contribution in [2.75, 3.05) is 13.2 Å². The second-order valence-electron chi connectivity index (χ2n) is 5.61. The Morgan fingerprint density at radius 1 is 1.13 bits per heavy atom. The van der Waals surface area contributed by atoms with Gasteiger partial charge in [-0.3, -0.25) is 9.59 Å². The molecule has 2 aromatic rings. The van der Waals surface area contributed by atoms with Crippen LogP contribution in [0.3, 0.4) is 0 Å². The molecule has 2 amide bonds. The van der Waals surface area contributed by atoms with Crippen LogP contribution in [0.25, 0.3) is 10.8 Å². The number of Topliss-reactive ketones (excluding diaryl/α,β-unsaturated/α-hetero) is 1. The van der Waals surface area contributed by atoms with E-state index >= 15 is 0 Å². The average Bonchev–Trinajstić information content (AvgIpc) is 2.98. The molecule has 1 fully saturated rings. The maximum atomic E-state index is 12.0. The zero-order chi connectivity index (χ0) is 16.4. The number of carbonyl (C=O) groups is 3. The largest absolute Gasteiger partial charge is 0.447 e. The summed E-state index contributed by atoms with van der Waals surface area (Å²) in [4.78, 5) is 35.9. The van der Waals surface area contributed by atoms with E-state index in [2.05, 4.69) is 0 Å². The number of imide groups is 1. The number of fused-ring (bicyclic) bond motifs is 1. The molecule has 3 rings (SSSR count). The zero-order valence-corrected chi connectivity index (χ0v) is 12.9. The second kappa shape index (κ2) is 6.20. The summed E-state index contributed by atoms with van der Waals surface area (Å²) in [6.45, 7) is 2.16. The minimum absolute atomic E-state index is 0.0408. The first-order valence-corrected chi connectivity index (χ1v) is 7.55. The summed E-state index contributed by atoms with van der Waals surface area (Å²) in [7, 11) is 0. The van der Waals surface area contributed by atoms with E-state index in [0.717, 1.165) is 21.2 Å². The van der Waals surface area contributed by atoms with Crippen molar-refractivity contribution in [3.05, 3.63) is 47.5 Å². The SMILES string of the molecule is CC(=O)c1ccc2cc(CCC(=O)N3CCOC3=O)ccc2c1. The number of rotatable bonds is 4. The quantitative estimate of drug-likeness (QED) is 0.814. The number of hydrogen-bond acceptors (Lipinski definition) is 4. The molecular weight excluding hydrogens is 294 g/mol. The van der Waals surface area contributed by atoms with Crippen molar-refractivity contribution in [3.8, 4) is 0 Å². The van der Waals surface area contributed by atoms with Gasteiger partial charge in [0.2, 0.25) is 5.91 Å². The third-order valence-electron chi connectivity index (χ3n) is 4.00. The number of ether oxygens (including phenoxy) is 1. The van der Waals surface area contributed by atoms with Crippen LogP contribution in [0.15, 0.2) is 36.4 Å². The number of cyclic esters (lactones) is 1. The van der Waals surface area contributed by atoms with Crippen molar-refractivity contribution in [1.29, 1.82) is 0 Å². The molecule has 0 aromatic heterocycles.